The third-order valence-corrected chi connectivity index (χ3v) is 4.58. The molecule has 6 nitrogen and oxygen atoms in total. The van der Waals surface area contributed by atoms with Crippen LogP contribution in [0.25, 0.3) is 11.5 Å². The third kappa shape index (κ3) is 4.83. The van der Waals surface area contributed by atoms with E-state index in [1.165, 1.54) is 24.3 Å². The number of hydrogen-bond donors (Lipinski definition) is 1. The van der Waals surface area contributed by atoms with Gasteiger partial charge < -0.3 is 10.4 Å². The first kappa shape index (κ1) is 20.2. The van der Waals surface area contributed by atoms with E-state index in [1.54, 1.807) is 10.8 Å². The van der Waals surface area contributed by atoms with E-state index >= 15 is 0 Å². The Balaban J connectivity index is 2.06. The molecule has 0 fully saturated rings. The Morgan fingerprint density at radius 2 is 1.66 bits per heavy atom. The zero-order valence-corrected chi connectivity index (χ0v) is 16.8. The minimum absolute atomic E-state index is 0.0772. The Labute approximate surface area is 173 Å². The van der Waals surface area contributed by atoms with Crippen LogP contribution in [0.2, 0.25) is 0 Å². The van der Waals surface area contributed by atoms with E-state index in [0.717, 1.165) is 16.8 Å². The maximum atomic E-state index is 13.3. The summed E-state index contributed by atoms with van der Waals surface area (Å²) in [6, 6.07) is 16.9. The van der Waals surface area contributed by atoms with Crippen molar-refractivity contribution < 1.29 is 14.6 Å². The summed E-state index contributed by atoms with van der Waals surface area (Å²) in [5.74, 6) is -0.333. The molecule has 1 heterocycles. The van der Waals surface area contributed by atoms with Crippen molar-refractivity contribution in [1.29, 1.82) is 0 Å². The largest absolute Gasteiger partial charge is 0.867 e. The monoisotopic (exact) mass is 405 g/mol. The first-order valence-electron chi connectivity index (χ1n) is 8.87. The van der Waals surface area contributed by atoms with Crippen LogP contribution in [0.4, 0.5) is 11.4 Å². The van der Waals surface area contributed by atoms with Crippen molar-refractivity contribution in [2.45, 2.75) is 13.8 Å². The van der Waals surface area contributed by atoms with Crippen LogP contribution < -0.4 is 15.0 Å². The topological polar surface area (TPSA) is 82.1 Å². The lowest BCUT2D eigenvalue weighted by Crippen LogP contribution is -2.40. The minimum Gasteiger partial charge on any atom is -0.867 e. The standard InChI is InChI=1S/C22H19N3O3S/c1-15-5-9-18(10-6-15)23-22(29)20(24-13-3-4-16(2)14-24)21(26)17-7-11-19(12-8-17)25(27)28/h3-14H,1-2H3,(H-,23,26,29). The van der Waals surface area contributed by atoms with Crippen LogP contribution in [-0.4, -0.2) is 9.91 Å². The predicted octanol–water partition coefficient (Wildman–Crippen LogP) is 3.62. The average molecular weight is 405 g/mol. The summed E-state index contributed by atoms with van der Waals surface area (Å²) in [6.07, 6.45) is 3.55. The molecule has 0 atom stereocenters. The second kappa shape index (κ2) is 8.62. The quantitative estimate of drug-likeness (QED) is 0.175. The maximum absolute atomic E-state index is 13.3. The molecular weight excluding hydrogens is 386 g/mol. The Hall–Kier alpha value is -3.58. The highest BCUT2D eigenvalue weighted by Gasteiger charge is 2.19. The van der Waals surface area contributed by atoms with Gasteiger partial charge in [-0.2, -0.15) is 4.57 Å². The van der Waals surface area contributed by atoms with Crippen molar-refractivity contribution in [3.8, 4) is 0 Å². The first-order valence-corrected chi connectivity index (χ1v) is 9.28. The number of nitro benzene ring substituents is 1. The number of aromatic nitrogens is 1. The predicted molar refractivity (Wildman–Crippen MR) is 115 cm³/mol. The molecule has 0 aliphatic carbocycles. The van der Waals surface area contributed by atoms with Crippen LogP contribution in [0, 0.1) is 24.0 Å². The smallest absolute Gasteiger partial charge is 0.269 e. The van der Waals surface area contributed by atoms with Crippen molar-refractivity contribution in [2.75, 3.05) is 5.32 Å². The summed E-state index contributed by atoms with van der Waals surface area (Å²) >= 11 is 5.56. The highest BCUT2D eigenvalue weighted by Crippen LogP contribution is 2.20. The number of nitro groups is 1. The molecule has 0 saturated heterocycles. The molecule has 3 rings (SSSR count). The second-order valence-corrected chi connectivity index (χ2v) is 7.00. The number of benzene rings is 2. The van der Waals surface area contributed by atoms with Gasteiger partial charge in [0.05, 0.1) is 4.92 Å². The molecule has 0 radical (unpaired) electrons. The molecule has 0 unspecified atom stereocenters. The van der Waals surface area contributed by atoms with Crippen LogP contribution in [0.1, 0.15) is 16.7 Å². The van der Waals surface area contributed by atoms with Gasteiger partial charge >= 0.3 is 0 Å². The fraction of sp³-hybridized carbons (Fsp3) is 0.0909. The number of aryl methyl sites for hydroxylation is 2. The number of rotatable bonds is 5. The number of nitrogens with one attached hydrogen (secondary N) is 1. The van der Waals surface area contributed by atoms with Gasteiger partial charge in [0.2, 0.25) is 5.70 Å². The van der Waals surface area contributed by atoms with E-state index in [2.05, 4.69) is 5.32 Å². The zero-order chi connectivity index (χ0) is 21.0. The normalized spacial score (nSPS) is 11.5. The molecule has 146 valence electrons. The lowest BCUT2D eigenvalue weighted by molar-refractivity contribution is -0.578. The van der Waals surface area contributed by atoms with E-state index in [1.807, 2.05) is 56.4 Å². The number of hydrogen-bond acceptors (Lipinski definition) is 4. The Morgan fingerprint density at radius 3 is 2.24 bits per heavy atom. The van der Waals surface area contributed by atoms with Crippen LogP contribution in [-0.2, 0) is 0 Å². The Morgan fingerprint density at radius 1 is 1.00 bits per heavy atom. The number of thiocarbonyl (C=S) groups is 1. The summed E-state index contributed by atoms with van der Waals surface area (Å²) in [5.41, 5.74) is 3.33. The Kier molecular flexibility index (Phi) is 5.99. The molecule has 7 heteroatoms. The molecule has 1 N–H and O–H groups in total. The maximum Gasteiger partial charge on any atom is 0.269 e. The molecule has 0 amide bonds. The van der Waals surface area contributed by atoms with E-state index in [-0.39, 0.29) is 22.1 Å². The lowest BCUT2D eigenvalue weighted by atomic mass is 10.1. The fourth-order valence-corrected chi connectivity index (χ4v) is 3.08. The molecule has 0 saturated carbocycles. The number of pyridine rings is 1. The average Bonchev–Trinajstić information content (AvgIpc) is 2.70. The number of anilines is 1. The second-order valence-electron chi connectivity index (χ2n) is 6.59. The van der Waals surface area contributed by atoms with Crippen molar-refractivity contribution in [3.05, 3.63) is 99.9 Å². The number of nitrogens with zero attached hydrogens (tertiary/aromatic N) is 2. The van der Waals surface area contributed by atoms with Crippen molar-refractivity contribution in [3.63, 3.8) is 0 Å². The summed E-state index contributed by atoms with van der Waals surface area (Å²) in [5, 5.41) is 27.3. The summed E-state index contributed by atoms with van der Waals surface area (Å²) in [4.78, 5) is 10.6. The van der Waals surface area contributed by atoms with Gasteiger partial charge in [-0.25, -0.2) is 0 Å². The van der Waals surface area contributed by atoms with Crippen LogP contribution >= 0.6 is 12.2 Å². The molecule has 2 aromatic carbocycles. The molecule has 0 aliphatic heterocycles. The van der Waals surface area contributed by atoms with Crippen LogP contribution in [0.15, 0.2) is 73.1 Å². The molecule has 29 heavy (non-hydrogen) atoms. The van der Waals surface area contributed by atoms with E-state index in [9.17, 15) is 15.2 Å². The van der Waals surface area contributed by atoms with E-state index in [0.29, 0.717) is 5.56 Å². The first-order chi connectivity index (χ1) is 13.8. The minimum atomic E-state index is -0.502. The molecule has 0 spiro atoms. The van der Waals surface area contributed by atoms with Crippen LogP contribution in [0.3, 0.4) is 0 Å². The van der Waals surface area contributed by atoms with E-state index < -0.39 is 4.92 Å². The van der Waals surface area contributed by atoms with Gasteiger partial charge in [-0.05, 0) is 55.5 Å². The van der Waals surface area contributed by atoms with E-state index in [4.69, 9.17) is 12.2 Å². The molecule has 1 aromatic heterocycles. The third-order valence-electron chi connectivity index (χ3n) is 4.29. The summed E-state index contributed by atoms with van der Waals surface area (Å²) in [7, 11) is 0. The van der Waals surface area contributed by atoms with Crippen LogP contribution in [0.5, 0.6) is 0 Å². The van der Waals surface area contributed by atoms with Gasteiger partial charge in [-0.3, -0.25) is 10.1 Å². The molecule has 0 aliphatic rings. The fourth-order valence-electron chi connectivity index (χ4n) is 2.77. The SMILES string of the molecule is Cc1ccc(NC(=S)C(=C([O-])c2ccc([N+](=O)[O-])cc2)[n+]2cccc(C)c2)cc1. The summed E-state index contributed by atoms with van der Waals surface area (Å²) in [6.45, 7) is 3.90. The zero-order valence-electron chi connectivity index (χ0n) is 16.0. The molecular formula is C22H19N3O3S. The highest BCUT2D eigenvalue weighted by atomic mass is 32.1. The van der Waals surface area contributed by atoms with Crippen molar-refractivity contribution in [2.24, 2.45) is 0 Å². The highest BCUT2D eigenvalue weighted by molar-refractivity contribution is 7.81. The Bertz CT molecular complexity index is 1090. The van der Waals surface area contributed by atoms with Crippen molar-refractivity contribution in [1.82, 2.24) is 0 Å². The molecule has 3 aromatic rings. The number of non-ortho nitro benzene ring substituents is 1. The van der Waals surface area contributed by atoms with Gasteiger partial charge in [0, 0.05) is 29.4 Å². The van der Waals surface area contributed by atoms with Gasteiger partial charge in [-0.1, -0.05) is 29.9 Å². The van der Waals surface area contributed by atoms with Gasteiger partial charge in [0.1, 0.15) is 0 Å². The van der Waals surface area contributed by atoms with Gasteiger partial charge in [0.15, 0.2) is 17.4 Å². The summed E-state index contributed by atoms with van der Waals surface area (Å²) < 4.78 is 1.67. The van der Waals surface area contributed by atoms with Gasteiger partial charge in [-0.15, -0.1) is 0 Å². The van der Waals surface area contributed by atoms with Gasteiger partial charge in [0.25, 0.3) is 5.69 Å². The molecule has 0 bridgehead atoms. The lowest BCUT2D eigenvalue weighted by Gasteiger charge is -2.17. The van der Waals surface area contributed by atoms with Crippen molar-refractivity contribution >= 4 is 40.0 Å².